The molecule has 0 spiro atoms. The Hall–Kier alpha value is -2.49. The molecule has 0 radical (unpaired) electrons. The summed E-state index contributed by atoms with van der Waals surface area (Å²) < 4.78 is 0. The Morgan fingerprint density at radius 2 is 1.73 bits per heavy atom. The van der Waals surface area contributed by atoms with Gasteiger partial charge in [-0.1, -0.05) is 43.2 Å². The van der Waals surface area contributed by atoms with Gasteiger partial charge in [-0.05, 0) is 25.0 Å². The van der Waals surface area contributed by atoms with Gasteiger partial charge in [-0.25, -0.2) is 0 Å². The molecule has 1 saturated carbocycles. The number of ketones is 1. The highest BCUT2D eigenvalue weighted by molar-refractivity contribution is 6.14. The van der Waals surface area contributed by atoms with E-state index in [9.17, 15) is 9.59 Å². The first-order chi connectivity index (χ1) is 10.8. The molecule has 112 valence electrons. The number of hydrogen-bond donors (Lipinski definition) is 1. The number of benzene rings is 1. The van der Waals surface area contributed by atoms with Gasteiger partial charge in [-0.2, -0.15) is 0 Å². The van der Waals surface area contributed by atoms with E-state index >= 15 is 0 Å². The van der Waals surface area contributed by atoms with E-state index in [-0.39, 0.29) is 23.4 Å². The topological polar surface area (TPSA) is 59.1 Å². The smallest absolute Gasteiger partial charge is 0.270 e. The van der Waals surface area contributed by atoms with Crippen LogP contribution < -0.4 is 5.32 Å². The molecule has 1 aliphatic rings. The molecule has 1 aromatic heterocycles. The summed E-state index contributed by atoms with van der Waals surface area (Å²) in [4.78, 5) is 29.2. The van der Waals surface area contributed by atoms with Gasteiger partial charge in [0.25, 0.3) is 5.91 Å². The number of aromatic nitrogens is 1. The number of carbonyl (C=O) groups is 2. The Labute approximate surface area is 129 Å². The second-order valence-corrected chi connectivity index (χ2v) is 5.55. The quantitative estimate of drug-likeness (QED) is 0.882. The number of nitrogens with zero attached hydrogens (tertiary/aromatic N) is 1. The second kappa shape index (κ2) is 6.52. The van der Waals surface area contributed by atoms with Crippen molar-refractivity contribution < 1.29 is 9.59 Å². The fourth-order valence-electron chi connectivity index (χ4n) is 2.84. The van der Waals surface area contributed by atoms with Crippen molar-refractivity contribution in [3.05, 3.63) is 65.5 Å². The first-order valence-corrected chi connectivity index (χ1v) is 7.61. The lowest BCUT2D eigenvalue weighted by Gasteiger charge is -2.13. The molecular formula is C18H18N2O2. The fraction of sp³-hybridized carbons (Fsp3) is 0.278. The van der Waals surface area contributed by atoms with Gasteiger partial charge in [-0.15, -0.1) is 0 Å². The fourth-order valence-corrected chi connectivity index (χ4v) is 2.84. The van der Waals surface area contributed by atoms with Crippen LogP contribution in [0.25, 0.3) is 0 Å². The molecule has 1 heterocycles. The maximum absolute atomic E-state index is 12.6. The third-order valence-electron chi connectivity index (χ3n) is 3.99. The zero-order valence-corrected chi connectivity index (χ0v) is 12.3. The lowest BCUT2D eigenvalue weighted by atomic mass is 10.0. The molecule has 2 aromatic rings. The van der Waals surface area contributed by atoms with E-state index in [1.54, 1.807) is 30.5 Å². The van der Waals surface area contributed by atoms with Crippen molar-refractivity contribution in [1.82, 2.24) is 10.3 Å². The molecule has 0 aliphatic heterocycles. The summed E-state index contributed by atoms with van der Waals surface area (Å²) in [5.74, 6) is -0.433. The van der Waals surface area contributed by atoms with Crippen LogP contribution in [-0.2, 0) is 0 Å². The van der Waals surface area contributed by atoms with E-state index in [0.29, 0.717) is 11.1 Å². The van der Waals surface area contributed by atoms with Crippen LogP contribution in [0.3, 0.4) is 0 Å². The van der Waals surface area contributed by atoms with Crippen LogP contribution in [0, 0.1) is 0 Å². The highest BCUT2D eigenvalue weighted by atomic mass is 16.2. The number of amides is 1. The molecular weight excluding hydrogens is 276 g/mol. The van der Waals surface area contributed by atoms with Gasteiger partial charge >= 0.3 is 0 Å². The van der Waals surface area contributed by atoms with Gasteiger partial charge in [0.05, 0.1) is 5.56 Å². The normalized spacial score (nSPS) is 14.7. The number of nitrogens with one attached hydrogen (secondary N) is 1. The lowest BCUT2D eigenvalue weighted by molar-refractivity contribution is 0.0922. The highest BCUT2D eigenvalue weighted by Gasteiger charge is 2.23. The Bertz CT molecular complexity index is 676. The monoisotopic (exact) mass is 294 g/mol. The summed E-state index contributed by atoms with van der Waals surface area (Å²) in [6, 6.07) is 12.5. The van der Waals surface area contributed by atoms with Crippen molar-refractivity contribution in [2.45, 2.75) is 31.7 Å². The molecule has 1 aromatic carbocycles. The maximum atomic E-state index is 12.6. The standard InChI is InChI=1S/C18H18N2O2/c21-17(13-7-2-1-3-8-13)15-11-6-12-19-16(15)18(22)20-14-9-4-5-10-14/h1-3,6-8,11-12,14H,4-5,9-10H2,(H,20,22). The third-order valence-corrected chi connectivity index (χ3v) is 3.99. The van der Waals surface area contributed by atoms with Crippen molar-refractivity contribution in [3.8, 4) is 0 Å². The molecule has 0 unspecified atom stereocenters. The van der Waals surface area contributed by atoms with Crippen LogP contribution in [-0.4, -0.2) is 22.7 Å². The zero-order valence-electron chi connectivity index (χ0n) is 12.3. The molecule has 1 aliphatic carbocycles. The largest absolute Gasteiger partial charge is 0.348 e. The SMILES string of the molecule is O=C(c1ccccc1)c1cccnc1C(=O)NC1CCCC1. The van der Waals surface area contributed by atoms with Gasteiger partial charge < -0.3 is 5.32 Å². The molecule has 0 bridgehead atoms. The molecule has 1 amide bonds. The summed E-state index contributed by atoms with van der Waals surface area (Å²) >= 11 is 0. The number of hydrogen-bond acceptors (Lipinski definition) is 3. The van der Waals surface area contributed by atoms with E-state index in [1.165, 1.54) is 0 Å². The van der Waals surface area contributed by atoms with Crippen LogP contribution in [0.4, 0.5) is 0 Å². The minimum atomic E-state index is -0.258. The molecule has 1 N–H and O–H groups in total. The lowest BCUT2D eigenvalue weighted by Crippen LogP contribution is -2.34. The van der Waals surface area contributed by atoms with Crippen LogP contribution >= 0.6 is 0 Å². The molecule has 4 nitrogen and oxygen atoms in total. The average Bonchev–Trinajstić information content (AvgIpc) is 3.08. The highest BCUT2D eigenvalue weighted by Crippen LogP contribution is 2.19. The van der Waals surface area contributed by atoms with E-state index in [1.807, 2.05) is 18.2 Å². The average molecular weight is 294 g/mol. The Balaban J connectivity index is 1.86. The van der Waals surface area contributed by atoms with E-state index < -0.39 is 0 Å². The first-order valence-electron chi connectivity index (χ1n) is 7.61. The number of carbonyl (C=O) groups excluding carboxylic acids is 2. The van der Waals surface area contributed by atoms with Gasteiger partial charge in [0.15, 0.2) is 5.78 Å². The molecule has 22 heavy (non-hydrogen) atoms. The molecule has 0 atom stereocenters. The first kappa shape index (κ1) is 14.4. The maximum Gasteiger partial charge on any atom is 0.270 e. The van der Waals surface area contributed by atoms with Crippen molar-refractivity contribution in [2.75, 3.05) is 0 Å². The number of rotatable bonds is 4. The summed E-state index contributed by atoms with van der Waals surface area (Å²) in [7, 11) is 0. The van der Waals surface area contributed by atoms with Gasteiger partial charge in [0.2, 0.25) is 0 Å². The van der Waals surface area contributed by atoms with Crippen molar-refractivity contribution in [1.29, 1.82) is 0 Å². The van der Waals surface area contributed by atoms with Crippen LogP contribution in [0.15, 0.2) is 48.7 Å². The predicted molar refractivity (Wildman–Crippen MR) is 83.8 cm³/mol. The third kappa shape index (κ3) is 3.06. The molecule has 1 fully saturated rings. The predicted octanol–water partition coefficient (Wildman–Crippen LogP) is 2.99. The molecule has 4 heteroatoms. The minimum absolute atomic E-state index is 0.176. The van der Waals surface area contributed by atoms with Gasteiger partial charge in [-0.3, -0.25) is 14.6 Å². The summed E-state index contributed by atoms with van der Waals surface area (Å²) in [5, 5.41) is 2.99. The summed E-state index contributed by atoms with van der Waals surface area (Å²) in [5.41, 5.74) is 1.12. The zero-order chi connectivity index (χ0) is 15.4. The molecule has 3 rings (SSSR count). The Morgan fingerprint density at radius 1 is 1.00 bits per heavy atom. The Kier molecular flexibility index (Phi) is 4.28. The summed E-state index contributed by atoms with van der Waals surface area (Å²) in [6.45, 7) is 0. The van der Waals surface area contributed by atoms with Crippen molar-refractivity contribution in [3.63, 3.8) is 0 Å². The molecule has 0 saturated heterocycles. The minimum Gasteiger partial charge on any atom is -0.348 e. The second-order valence-electron chi connectivity index (χ2n) is 5.55. The van der Waals surface area contributed by atoms with Crippen LogP contribution in [0.5, 0.6) is 0 Å². The van der Waals surface area contributed by atoms with E-state index in [0.717, 1.165) is 25.7 Å². The van der Waals surface area contributed by atoms with Crippen LogP contribution in [0.1, 0.15) is 52.1 Å². The van der Waals surface area contributed by atoms with Gasteiger partial charge in [0, 0.05) is 17.8 Å². The van der Waals surface area contributed by atoms with E-state index in [2.05, 4.69) is 10.3 Å². The summed E-state index contributed by atoms with van der Waals surface area (Å²) in [6.07, 6.45) is 5.83. The van der Waals surface area contributed by atoms with Crippen molar-refractivity contribution in [2.24, 2.45) is 0 Å². The Morgan fingerprint density at radius 3 is 2.45 bits per heavy atom. The van der Waals surface area contributed by atoms with Crippen molar-refractivity contribution >= 4 is 11.7 Å². The van der Waals surface area contributed by atoms with E-state index in [4.69, 9.17) is 0 Å². The van der Waals surface area contributed by atoms with Gasteiger partial charge in [0.1, 0.15) is 5.69 Å². The number of pyridine rings is 1. The van der Waals surface area contributed by atoms with Crippen LogP contribution in [0.2, 0.25) is 0 Å².